The zero-order chi connectivity index (χ0) is 23.5. The zero-order valence-electron chi connectivity index (χ0n) is 19.7. The molecule has 34 heavy (non-hydrogen) atoms. The number of fused-ring (bicyclic) bond motifs is 2. The maximum Gasteiger partial charge on any atom is 0.247 e. The van der Waals surface area contributed by atoms with Crippen LogP contribution < -0.4 is 16.0 Å². The van der Waals surface area contributed by atoms with E-state index in [0.29, 0.717) is 37.6 Å². The number of benzene rings is 1. The first-order valence-electron chi connectivity index (χ1n) is 12.5. The number of amides is 2. The summed E-state index contributed by atoms with van der Waals surface area (Å²) in [6.07, 6.45) is 7.69. The van der Waals surface area contributed by atoms with Crippen molar-refractivity contribution < 1.29 is 14.3 Å². The van der Waals surface area contributed by atoms with Crippen LogP contribution in [0.3, 0.4) is 0 Å². The second-order valence-electron chi connectivity index (χ2n) is 9.68. The molecule has 1 saturated heterocycles. The van der Waals surface area contributed by atoms with Crippen LogP contribution in [0.4, 0.5) is 17.2 Å². The van der Waals surface area contributed by atoms with E-state index >= 15 is 0 Å². The average molecular weight is 464 g/mol. The van der Waals surface area contributed by atoms with E-state index in [9.17, 15) is 9.59 Å². The lowest BCUT2D eigenvalue weighted by Crippen LogP contribution is -2.42. The molecule has 3 aliphatic rings. The lowest BCUT2D eigenvalue weighted by atomic mass is 9.75. The largest absolute Gasteiger partial charge is 0.381 e. The molecule has 8 heteroatoms. The third-order valence-electron chi connectivity index (χ3n) is 7.62. The Bertz CT molecular complexity index is 1040. The van der Waals surface area contributed by atoms with E-state index in [1.165, 1.54) is 6.42 Å². The molecular weight excluding hydrogens is 430 g/mol. The zero-order valence-corrected chi connectivity index (χ0v) is 19.7. The van der Waals surface area contributed by atoms with Crippen LogP contribution in [0, 0.1) is 5.92 Å². The minimum atomic E-state index is -0.508. The number of ether oxygens (including phenoxy) is 1. The summed E-state index contributed by atoms with van der Waals surface area (Å²) >= 11 is 0. The van der Waals surface area contributed by atoms with Crippen molar-refractivity contribution in [1.82, 2.24) is 10.2 Å². The first-order chi connectivity index (χ1) is 16.6. The monoisotopic (exact) mass is 463 g/mol. The number of rotatable bonds is 6. The van der Waals surface area contributed by atoms with Gasteiger partial charge in [-0.2, -0.15) is 5.10 Å². The molecule has 8 nitrogen and oxygen atoms in total. The van der Waals surface area contributed by atoms with Gasteiger partial charge in [0.15, 0.2) is 0 Å². The molecule has 2 aliphatic heterocycles. The van der Waals surface area contributed by atoms with Gasteiger partial charge in [0.1, 0.15) is 11.9 Å². The summed E-state index contributed by atoms with van der Waals surface area (Å²) in [6.45, 7) is 3.21. The summed E-state index contributed by atoms with van der Waals surface area (Å²) in [5, 5.41) is 18.0. The van der Waals surface area contributed by atoms with Crippen molar-refractivity contribution in [2.24, 2.45) is 5.92 Å². The topological polar surface area (TPSA) is 105 Å². The Hall–Kier alpha value is -3.00. The van der Waals surface area contributed by atoms with E-state index in [0.717, 1.165) is 49.0 Å². The normalized spacial score (nSPS) is 20.4. The smallest absolute Gasteiger partial charge is 0.247 e. The van der Waals surface area contributed by atoms with Crippen molar-refractivity contribution >= 4 is 29.0 Å². The molecule has 1 aromatic heterocycles. The minimum Gasteiger partial charge on any atom is -0.381 e. The van der Waals surface area contributed by atoms with Gasteiger partial charge in [-0.1, -0.05) is 32.3 Å². The lowest BCUT2D eigenvalue weighted by Gasteiger charge is -2.31. The number of hydrogen-bond donors (Lipinski definition) is 3. The molecule has 3 heterocycles. The fraction of sp³-hybridized carbons (Fsp3) is 0.538. The van der Waals surface area contributed by atoms with Crippen LogP contribution in [-0.4, -0.2) is 41.3 Å². The van der Waals surface area contributed by atoms with Gasteiger partial charge in [-0.15, -0.1) is 5.10 Å². The van der Waals surface area contributed by atoms with Crippen molar-refractivity contribution in [3.63, 3.8) is 0 Å². The Labute approximate surface area is 200 Å². The molecule has 1 spiro atoms. The third-order valence-corrected chi connectivity index (χ3v) is 7.62. The van der Waals surface area contributed by atoms with Gasteiger partial charge >= 0.3 is 0 Å². The number of aromatic nitrogens is 2. The van der Waals surface area contributed by atoms with Crippen molar-refractivity contribution in [1.29, 1.82) is 0 Å². The highest BCUT2D eigenvalue weighted by Gasteiger charge is 2.47. The number of nitrogens with one attached hydrogen (secondary N) is 3. The SMILES string of the molecule is CCc1ccc(N[C@H](C(=O)Nc2ccc3c(c2)NC(=O)C32CCOCC2)C2CCCCC2)nn1. The Morgan fingerprint density at radius 3 is 2.65 bits per heavy atom. The highest BCUT2D eigenvalue weighted by Crippen LogP contribution is 2.45. The Morgan fingerprint density at radius 2 is 1.94 bits per heavy atom. The van der Waals surface area contributed by atoms with Crippen LogP contribution in [0.15, 0.2) is 30.3 Å². The van der Waals surface area contributed by atoms with Gasteiger partial charge in [0, 0.05) is 24.6 Å². The molecule has 1 aromatic carbocycles. The molecule has 2 aromatic rings. The van der Waals surface area contributed by atoms with E-state index in [-0.39, 0.29) is 17.7 Å². The molecule has 0 unspecified atom stereocenters. The summed E-state index contributed by atoms with van der Waals surface area (Å²) < 4.78 is 5.49. The van der Waals surface area contributed by atoms with Crippen LogP contribution in [0.25, 0.3) is 0 Å². The first kappa shape index (κ1) is 22.8. The van der Waals surface area contributed by atoms with Gasteiger partial charge < -0.3 is 20.7 Å². The van der Waals surface area contributed by atoms with Crippen LogP contribution in [-0.2, 0) is 26.2 Å². The predicted octanol–water partition coefficient (Wildman–Crippen LogP) is 4.04. The second-order valence-corrected chi connectivity index (χ2v) is 9.68. The number of carbonyl (C=O) groups is 2. The van der Waals surface area contributed by atoms with Gasteiger partial charge in [0.25, 0.3) is 0 Å². The number of aryl methyl sites for hydroxylation is 1. The Morgan fingerprint density at radius 1 is 1.15 bits per heavy atom. The highest BCUT2D eigenvalue weighted by atomic mass is 16.5. The van der Waals surface area contributed by atoms with Crippen LogP contribution in [0.1, 0.15) is 63.1 Å². The molecule has 1 atom stereocenters. The third kappa shape index (κ3) is 4.39. The maximum absolute atomic E-state index is 13.5. The highest BCUT2D eigenvalue weighted by molar-refractivity contribution is 6.07. The van der Waals surface area contributed by atoms with Crippen LogP contribution >= 0.6 is 0 Å². The summed E-state index contributed by atoms with van der Waals surface area (Å²) in [5.74, 6) is 0.801. The van der Waals surface area contributed by atoms with E-state index in [1.807, 2.05) is 37.3 Å². The molecule has 1 aliphatic carbocycles. The molecule has 180 valence electrons. The van der Waals surface area contributed by atoms with E-state index in [2.05, 4.69) is 26.1 Å². The summed E-state index contributed by atoms with van der Waals surface area (Å²) in [7, 11) is 0. The van der Waals surface area contributed by atoms with E-state index < -0.39 is 11.5 Å². The lowest BCUT2D eigenvalue weighted by molar-refractivity contribution is -0.124. The van der Waals surface area contributed by atoms with Crippen molar-refractivity contribution in [3.05, 3.63) is 41.6 Å². The Kier molecular flexibility index (Phi) is 6.50. The molecule has 0 bridgehead atoms. The molecule has 3 N–H and O–H groups in total. The first-order valence-corrected chi connectivity index (χ1v) is 12.5. The molecule has 2 fully saturated rings. The molecule has 1 saturated carbocycles. The maximum atomic E-state index is 13.5. The Balaban J connectivity index is 1.34. The molecular formula is C26H33N5O3. The number of anilines is 3. The molecule has 5 rings (SSSR count). The summed E-state index contributed by atoms with van der Waals surface area (Å²) in [6, 6.07) is 9.21. The molecule has 0 radical (unpaired) electrons. The minimum absolute atomic E-state index is 0.0325. The van der Waals surface area contributed by atoms with Crippen molar-refractivity contribution in [2.75, 3.05) is 29.2 Å². The summed E-state index contributed by atoms with van der Waals surface area (Å²) in [5.41, 5.74) is 2.89. The van der Waals surface area contributed by atoms with Crippen LogP contribution in [0.5, 0.6) is 0 Å². The quantitative estimate of drug-likeness (QED) is 0.597. The predicted molar refractivity (Wildman–Crippen MR) is 131 cm³/mol. The van der Waals surface area contributed by atoms with Gasteiger partial charge in [-0.25, -0.2) is 0 Å². The second kappa shape index (κ2) is 9.70. The number of nitrogens with zero attached hydrogens (tertiary/aromatic N) is 2. The van der Waals surface area contributed by atoms with Crippen molar-refractivity contribution in [3.8, 4) is 0 Å². The van der Waals surface area contributed by atoms with Gasteiger partial charge in [-0.3, -0.25) is 9.59 Å². The van der Waals surface area contributed by atoms with Crippen molar-refractivity contribution in [2.45, 2.75) is 69.7 Å². The van der Waals surface area contributed by atoms with E-state index in [4.69, 9.17) is 4.74 Å². The number of carbonyl (C=O) groups excluding carboxylic acids is 2. The fourth-order valence-corrected chi connectivity index (χ4v) is 5.59. The molecule has 2 amide bonds. The van der Waals surface area contributed by atoms with Gasteiger partial charge in [0.05, 0.1) is 11.1 Å². The van der Waals surface area contributed by atoms with Crippen LogP contribution in [0.2, 0.25) is 0 Å². The van der Waals surface area contributed by atoms with Gasteiger partial charge in [-0.05, 0) is 67.9 Å². The van der Waals surface area contributed by atoms with Gasteiger partial charge in [0.2, 0.25) is 11.8 Å². The standard InChI is InChI=1S/C26H33N5O3/c1-2-18-9-11-22(31-30-18)29-23(17-6-4-3-5-7-17)24(32)27-19-8-10-20-21(16-19)28-25(33)26(20)12-14-34-15-13-26/h8-11,16-17,23H,2-7,12-15H2,1H3,(H,27,32)(H,28,33)(H,29,31)/t23-/m0/s1. The number of hydrogen-bond acceptors (Lipinski definition) is 6. The fourth-order valence-electron chi connectivity index (χ4n) is 5.59. The van der Waals surface area contributed by atoms with E-state index in [1.54, 1.807) is 0 Å². The average Bonchev–Trinajstić information content (AvgIpc) is 3.13. The summed E-state index contributed by atoms with van der Waals surface area (Å²) in [4.78, 5) is 26.3.